The fourth-order valence-electron chi connectivity index (χ4n) is 5.54. The van der Waals surface area contributed by atoms with E-state index in [2.05, 4.69) is 100.0 Å². The number of benzene rings is 3. The summed E-state index contributed by atoms with van der Waals surface area (Å²) in [6.45, 7) is 16.9. The number of carbonyl (C=O) groups excluding carboxylic acids is 1. The van der Waals surface area contributed by atoms with Crippen LogP contribution in [0.3, 0.4) is 0 Å². The number of aromatic nitrogens is 2. The van der Waals surface area contributed by atoms with E-state index in [9.17, 15) is 14.3 Å². The summed E-state index contributed by atoms with van der Waals surface area (Å²) in [7, 11) is -1.55. The number of halogens is 1. The zero-order valence-electron chi connectivity index (χ0n) is 27.5. The van der Waals surface area contributed by atoms with Crippen molar-refractivity contribution in [3.63, 3.8) is 0 Å². The molecule has 0 atom stereocenters. The van der Waals surface area contributed by atoms with Gasteiger partial charge in [-0.15, -0.1) is 40.1 Å². The Kier molecular flexibility index (Phi) is 12.4. The van der Waals surface area contributed by atoms with Gasteiger partial charge in [0, 0.05) is 52.6 Å². The molecular formula is C37H44FIrN2O2SSi-. The van der Waals surface area contributed by atoms with E-state index in [4.69, 9.17) is 4.98 Å². The van der Waals surface area contributed by atoms with Crippen molar-refractivity contribution in [2.24, 2.45) is 11.3 Å². The molecule has 3 aromatic carbocycles. The zero-order chi connectivity index (χ0) is 32.2. The Morgan fingerprint density at radius 1 is 1.04 bits per heavy atom. The van der Waals surface area contributed by atoms with Gasteiger partial charge in [-0.2, -0.15) is 0 Å². The number of carbonyl (C=O) groups is 1. The summed E-state index contributed by atoms with van der Waals surface area (Å²) in [5.74, 6) is -0.678. The third kappa shape index (κ3) is 8.94. The van der Waals surface area contributed by atoms with Crippen molar-refractivity contribution in [3.8, 4) is 11.3 Å². The molecule has 2 heterocycles. The number of aliphatic hydroxyl groups excluding tert-OH is 1. The van der Waals surface area contributed by atoms with Gasteiger partial charge >= 0.3 is 0 Å². The van der Waals surface area contributed by atoms with Gasteiger partial charge in [-0.25, -0.2) is 9.37 Å². The summed E-state index contributed by atoms with van der Waals surface area (Å²) in [5.41, 5.74) is 4.77. The SMILES string of the molecule is CC(C)(C)Cc1ccc2c(c1)sc1c(-c3[c-]c4ccccc4c([Si](C)(C)C)c3)ncnc12.CCC(CC)/C(O)=C/C(=O)CF.[Ir]. The molecule has 0 saturated heterocycles. The van der Waals surface area contributed by atoms with Crippen molar-refractivity contribution in [1.29, 1.82) is 0 Å². The topological polar surface area (TPSA) is 63.1 Å². The molecule has 0 saturated carbocycles. The Morgan fingerprint density at radius 2 is 1.73 bits per heavy atom. The van der Waals surface area contributed by atoms with Gasteiger partial charge < -0.3 is 5.11 Å². The van der Waals surface area contributed by atoms with E-state index in [1.807, 2.05) is 25.2 Å². The Bertz CT molecular complexity index is 1820. The number of thiophene rings is 1. The van der Waals surface area contributed by atoms with Crippen LogP contribution in [0.4, 0.5) is 4.39 Å². The minimum atomic E-state index is -1.55. The number of rotatable bonds is 8. The van der Waals surface area contributed by atoms with Crippen molar-refractivity contribution in [1.82, 2.24) is 9.97 Å². The summed E-state index contributed by atoms with van der Waals surface area (Å²) in [5, 5.41) is 14.5. The molecule has 5 aromatic rings. The van der Waals surface area contributed by atoms with E-state index in [0.717, 1.165) is 46.8 Å². The Labute approximate surface area is 285 Å². The van der Waals surface area contributed by atoms with Crippen LogP contribution >= 0.6 is 11.3 Å². The predicted molar refractivity (Wildman–Crippen MR) is 189 cm³/mol. The van der Waals surface area contributed by atoms with Crippen LogP contribution in [0.2, 0.25) is 19.6 Å². The third-order valence-corrected chi connectivity index (χ3v) is 10.9. The molecule has 0 aliphatic rings. The van der Waals surface area contributed by atoms with Gasteiger partial charge in [-0.05, 0) is 36.3 Å². The molecule has 8 heteroatoms. The number of ketones is 1. The van der Waals surface area contributed by atoms with Gasteiger partial charge in [-0.1, -0.05) is 95.5 Å². The average molecular weight is 820 g/mol. The first kappa shape index (κ1) is 36.7. The Balaban J connectivity index is 0.000000365. The summed E-state index contributed by atoms with van der Waals surface area (Å²) >= 11 is 1.81. The van der Waals surface area contributed by atoms with Crippen LogP contribution in [0.25, 0.3) is 42.3 Å². The van der Waals surface area contributed by atoms with Crippen LogP contribution in [-0.4, -0.2) is 35.6 Å². The number of nitrogens with zero attached hydrogens (tertiary/aromatic N) is 2. The number of allylic oxidation sites excluding steroid dienone is 2. The fourth-order valence-corrected chi connectivity index (χ4v) is 8.37. The van der Waals surface area contributed by atoms with Crippen LogP contribution < -0.4 is 5.19 Å². The molecule has 0 fully saturated rings. The van der Waals surface area contributed by atoms with Gasteiger partial charge in [0.2, 0.25) is 0 Å². The molecule has 5 rings (SSSR count). The van der Waals surface area contributed by atoms with Gasteiger partial charge in [0.15, 0.2) is 12.5 Å². The maximum Gasteiger partial charge on any atom is 0.189 e. The van der Waals surface area contributed by atoms with E-state index in [0.29, 0.717) is 0 Å². The summed E-state index contributed by atoms with van der Waals surface area (Å²) < 4.78 is 14.2. The number of hydrogen-bond acceptors (Lipinski definition) is 5. The first-order valence-electron chi connectivity index (χ1n) is 15.4. The molecule has 0 aliphatic carbocycles. The quantitative estimate of drug-likeness (QED) is 0.0733. The number of aliphatic hydroxyl groups is 1. The van der Waals surface area contributed by atoms with E-state index < -0.39 is 20.5 Å². The molecule has 2 aromatic heterocycles. The Morgan fingerprint density at radius 3 is 2.36 bits per heavy atom. The normalized spacial score (nSPS) is 12.4. The summed E-state index contributed by atoms with van der Waals surface area (Å²) in [6.07, 6.45) is 5.28. The van der Waals surface area contributed by atoms with Crippen LogP contribution in [0, 0.1) is 17.4 Å². The molecule has 241 valence electrons. The smallest absolute Gasteiger partial charge is 0.189 e. The molecule has 0 spiro atoms. The van der Waals surface area contributed by atoms with Crippen molar-refractivity contribution >= 4 is 61.5 Å². The van der Waals surface area contributed by atoms with Crippen LogP contribution in [-0.2, 0) is 31.3 Å². The fraction of sp³-hybridized carbons (Fsp3) is 0.378. The van der Waals surface area contributed by atoms with Gasteiger partial charge in [0.05, 0.1) is 19.3 Å². The maximum absolute atomic E-state index is 11.7. The minimum Gasteiger partial charge on any atom is -0.512 e. The number of fused-ring (bicyclic) bond motifs is 4. The monoisotopic (exact) mass is 820 g/mol. The molecule has 4 nitrogen and oxygen atoms in total. The van der Waals surface area contributed by atoms with Crippen molar-refractivity contribution in [2.75, 3.05) is 6.67 Å². The van der Waals surface area contributed by atoms with Crippen molar-refractivity contribution in [2.45, 2.75) is 73.5 Å². The summed E-state index contributed by atoms with van der Waals surface area (Å²) in [4.78, 5) is 20.0. The molecule has 1 N–H and O–H groups in total. The standard InChI is InChI=1S/C28H29N2SSi.C9H15FO2.Ir/c1-28(2,3)16-18-11-12-22-23(13-18)31-27-25(29-17-30-26(22)27)20-14-19-9-7-8-10-21(19)24(15-20)32(4,5)6;1-3-7(4-2)9(12)5-8(11)6-10;/h7-13,15,17H,16H2,1-6H3;5,7,12H,3-4,6H2,1-2H3;/q-1;;/b;9-5-;. The Hall–Kier alpha value is -2.77. The average Bonchev–Trinajstić information content (AvgIpc) is 3.34. The number of hydrogen-bond donors (Lipinski definition) is 1. The van der Waals surface area contributed by atoms with Gasteiger partial charge in [-0.3, -0.25) is 9.78 Å². The van der Waals surface area contributed by atoms with Crippen LogP contribution in [0.5, 0.6) is 0 Å². The molecule has 45 heavy (non-hydrogen) atoms. The first-order valence-corrected chi connectivity index (χ1v) is 19.7. The molecule has 1 radical (unpaired) electrons. The third-order valence-electron chi connectivity index (χ3n) is 7.73. The van der Waals surface area contributed by atoms with Crippen molar-refractivity contribution in [3.05, 3.63) is 78.3 Å². The second kappa shape index (κ2) is 15.2. The first-order chi connectivity index (χ1) is 20.7. The van der Waals surface area contributed by atoms with E-state index >= 15 is 0 Å². The van der Waals surface area contributed by atoms with Crippen LogP contribution in [0.15, 0.2) is 66.7 Å². The van der Waals surface area contributed by atoms with E-state index in [-0.39, 0.29) is 37.2 Å². The van der Waals surface area contributed by atoms with Crippen molar-refractivity contribution < 1.29 is 34.4 Å². The zero-order valence-corrected chi connectivity index (χ0v) is 31.8. The second-order valence-corrected chi connectivity index (χ2v) is 19.7. The maximum atomic E-state index is 11.7. The summed E-state index contributed by atoms with van der Waals surface area (Å²) in [6, 6.07) is 21.5. The van der Waals surface area contributed by atoms with E-state index in [1.165, 1.54) is 31.6 Å². The van der Waals surface area contributed by atoms with Gasteiger partial charge in [0.1, 0.15) is 6.33 Å². The second-order valence-electron chi connectivity index (χ2n) is 13.6. The molecule has 0 bridgehead atoms. The number of alkyl halides is 1. The van der Waals surface area contributed by atoms with Gasteiger partial charge in [0.25, 0.3) is 0 Å². The molecule has 0 unspecified atom stereocenters. The molecular weight excluding hydrogens is 776 g/mol. The molecule has 0 amide bonds. The van der Waals surface area contributed by atoms with E-state index in [1.54, 1.807) is 6.33 Å². The minimum absolute atomic E-state index is 0. The predicted octanol–water partition coefficient (Wildman–Crippen LogP) is 10.00. The molecule has 0 aliphatic heterocycles. The largest absolute Gasteiger partial charge is 0.512 e. The van der Waals surface area contributed by atoms with Crippen LogP contribution in [0.1, 0.15) is 53.0 Å².